The van der Waals surface area contributed by atoms with Crippen molar-refractivity contribution in [3.05, 3.63) is 266 Å². The average molecular weight is 1900 g/mol. The van der Waals surface area contributed by atoms with E-state index in [-0.39, 0.29) is 65.8 Å². The van der Waals surface area contributed by atoms with Crippen LogP contribution in [0.2, 0.25) is 0 Å². The highest BCUT2D eigenvalue weighted by Gasteiger charge is 2.23. The van der Waals surface area contributed by atoms with Crippen molar-refractivity contribution in [1.29, 1.82) is 0 Å². The topological polar surface area (TPSA) is 595 Å². The van der Waals surface area contributed by atoms with Crippen LogP contribution in [-0.4, -0.2) is 184 Å². The Morgan fingerprint density at radius 2 is 0.607 bits per heavy atom. The van der Waals surface area contributed by atoms with Crippen molar-refractivity contribution >= 4 is 130 Å². The van der Waals surface area contributed by atoms with E-state index >= 15 is 0 Å². The molecule has 37 nitrogen and oxygen atoms in total. The molecule has 10 heterocycles. The number of anilines is 5. The number of H-pyrrole nitrogens is 5. The third kappa shape index (κ3) is 20.5. The molecule has 0 saturated heterocycles. The van der Waals surface area contributed by atoms with E-state index in [1.54, 1.807) is 135 Å². The van der Waals surface area contributed by atoms with Crippen molar-refractivity contribution < 1.29 is 64.5 Å². The second-order valence-corrected chi connectivity index (χ2v) is 38.8. The van der Waals surface area contributed by atoms with Gasteiger partial charge in [-0.1, -0.05) is 97.1 Å². The molecular weight excluding hydrogens is 1800 g/mol. The Hall–Kier alpha value is -17.2. The molecule has 0 fully saturated rings. The van der Waals surface area contributed by atoms with Gasteiger partial charge in [-0.3, -0.25) is 0 Å². The number of aromatic amines is 5. The fourth-order valence-corrected chi connectivity index (χ4v) is 16.4. The van der Waals surface area contributed by atoms with Crippen molar-refractivity contribution in [2.24, 2.45) is 0 Å². The number of methoxy groups -OCH3 is 2. The number of aromatic nitrogens is 20. The summed E-state index contributed by atoms with van der Waals surface area (Å²) in [6, 6.07) is 62.9. The zero-order chi connectivity index (χ0) is 95.5. The van der Waals surface area contributed by atoms with Crippen LogP contribution in [0.25, 0.3) is 169 Å². The van der Waals surface area contributed by atoms with Crippen LogP contribution in [0.3, 0.4) is 0 Å². The van der Waals surface area contributed by atoms with E-state index in [0.717, 1.165) is 72.7 Å². The molecule has 0 radical (unpaired) electrons. The SMILES string of the molecule is COC(=O)c1ccc2nc(-c3nc(-c4ccc(S(C)(=O)=O)cc4)cnc3N)[nH]c2c1.COc1ccc2nc(-c3nc(-c4ccc(S(C)(=O)=O)cc4)cnc3N)[nH]c2c1.Cc1ccc2nc(-c3nc(-c4ccc(S(C)(=O)=O)cc4)cnc3N)[nH]c2c1.Cc1ccc2nc(-c3nc(-c4ccc(S(C)(=O)=O)cc4)cnc3N)[nH]c2c1.Nc1ncc(-c2ccccc2)nc1-c1nc2c(O)cccc2[nH]1.[HH].[HH].[HH].[HH].[HH].[HH].[HH].[HH]. The molecule has 10 aromatic carbocycles. The van der Waals surface area contributed by atoms with Crippen LogP contribution < -0.4 is 33.4 Å². The molecule has 0 aliphatic heterocycles. The lowest BCUT2D eigenvalue weighted by Gasteiger charge is -2.06. The maximum absolute atomic E-state index is 11.7. The molecule has 694 valence electrons. The maximum atomic E-state index is 11.7. The Kier molecular flexibility index (Phi) is 25.2. The van der Waals surface area contributed by atoms with E-state index < -0.39 is 45.3 Å². The molecule has 135 heavy (non-hydrogen) atoms. The number of phenols is 1. The molecule has 0 aliphatic rings. The van der Waals surface area contributed by atoms with Crippen molar-refractivity contribution in [3.8, 4) is 125 Å². The summed E-state index contributed by atoms with van der Waals surface area (Å²) in [5.74, 6) is 4.03. The predicted molar refractivity (Wildman–Crippen MR) is 533 cm³/mol. The summed E-state index contributed by atoms with van der Waals surface area (Å²) < 4.78 is 103. The number of phenolic OH excluding ortho intramolecular Hbond substituents is 1. The number of nitrogens with two attached hydrogens (primary N) is 5. The largest absolute Gasteiger partial charge is 0.506 e. The number of hydrogen-bond donors (Lipinski definition) is 11. The lowest BCUT2D eigenvalue weighted by atomic mass is 10.1. The number of ether oxygens (including phenoxy) is 2. The van der Waals surface area contributed by atoms with Crippen molar-refractivity contribution in [2.45, 2.75) is 33.4 Å². The zero-order valence-electron chi connectivity index (χ0n) is 72.8. The van der Waals surface area contributed by atoms with Crippen molar-refractivity contribution in [1.82, 2.24) is 99.7 Å². The second-order valence-electron chi connectivity index (χ2n) is 30.7. The zero-order valence-corrected chi connectivity index (χ0v) is 76.1. The minimum Gasteiger partial charge on any atom is -0.506 e. The molecule has 10 aromatic heterocycles. The van der Waals surface area contributed by atoms with Crippen LogP contribution in [0.1, 0.15) is 32.9 Å². The molecule has 0 atom stereocenters. The number of rotatable bonds is 16. The number of carbonyl (C=O) groups is 1. The van der Waals surface area contributed by atoms with E-state index in [4.69, 9.17) is 38.1 Å². The standard InChI is InChI=1S/C20H17N5O4S.C19H17N5O3S.2C19H17N5O2S.C17H13N5O.8H2/c1-29-20(26)12-5-8-14-15(9-12)25-19(24-14)17-18(21)22-10-16(23-17)11-3-6-13(7-4-11)30(2,27)28;1-27-12-5-8-14-15(9-12)24-19(23-14)17-18(20)21-10-16(22-17)11-3-6-13(7-4-11)28(2,25)26;2*1-11-3-8-14-15(9-11)24-19(23-14)17-18(20)21-10-16(22-17)12-4-6-13(7-5-12)27(2,25)26;18-16-15(17-21-11-7-4-8-13(23)14(11)22-17)20-12(9-19-16)10-5-2-1-3-6-10;;;;;;;;/h3-10H,1-2H3,(H2,21,22)(H,24,25);3-10H,1-2H3,(H2,20,21)(H,23,24);2*3-10H,1-2H3,(H2,20,21)(H,23,24);1-9,23H,(H2,18,19)(H,21,22);8*1H. The van der Waals surface area contributed by atoms with Gasteiger partial charge in [0, 0.05) is 70.3 Å². The van der Waals surface area contributed by atoms with Gasteiger partial charge in [0.2, 0.25) is 0 Å². The van der Waals surface area contributed by atoms with E-state index in [9.17, 15) is 43.6 Å². The van der Waals surface area contributed by atoms with Gasteiger partial charge >= 0.3 is 5.97 Å². The van der Waals surface area contributed by atoms with Gasteiger partial charge in [0.15, 0.2) is 97.6 Å². The first-order valence-electron chi connectivity index (χ1n) is 40.6. The van der Waals surface area contributed by atoms with Crippen molar-refractivity contribution in [3.63, 3.8) is 0 Å². The summed E-state index contributed by atoms with van der Waals surface area (Å²) in [4.78, 5) is 95.0. The van der Waals surface area contributed by atoms with E-state index in [0.29, 0.717) is 125 Å². The molecule has 20 rings (SSSR count). The highest BCUT2D eigenvalue weighted by Crippen LogP contribution is 2.36. The molecule has 20 aromatic rings. The number of fused-ring (bicyclic) bond motifs is 5. The Labute approximate surface area is 782 Å². The quantitative estimate of drug-likeness (QED) is 0.0400. The van der Waals surface area contributed by atoms with Gasteiger partial charge in [-0.05, 0) is 140 Å². The number of nitrogens with one attached hydrogen (secondary N) is 5. The van der Waals surface area contributed by atoms with Crippen molar-refractivity contribution in [2.75, 3.05) is 67.9 Å². The third-order valence-electron chi connectivity index (χ3n) is 20.9. The van der Waals surface area contributed by atoms with Gasteiger partial charge in [0.25, 0.3) is 0 Å². The summed E-state index contributed by atoms with van der Waals surface area (Å²) in [7, 11) is -10.1. The predicted octanol–water partition coefficient (Wildman–Crippen LogP) is 16.0. The van der Waals surface area contributed by atoms with Crippen LogP contribution in [-0.2, 0) is 44.1 Å². The van der Waals surface area contributed by atoms with E-state index in [1.165, 1.54) is 56.3 Å². The fraction of sp³-hybridized carbons (Fsp3) is 0.0851. The highest BCUT2D eigenvalue weighted by molar-refractivity contribution is 7.91. The summed E-state index contributed by atoms with van der Waals surface area (Å²) >= 11 is 0. The summed E-state index contributed by atoms with van der Waals surface area (Å²) in [6.07, 6.45) is 12.5. The summed E-state index contributed by atoms with van der Waals surface area (Å²) in [5, 5.41) is 9.88. The van der Waals surface area contributed by atoms with Gasteiger partial charge < -0.3 is 68.2 Å². The number of para-hydroxylation sites is 1. The van der Waals surface area contributed by atoms with Gasteiger partial charge in [0.1, 0.15) is 45.5 Å². The third-order valence-corrected chi connectivity index (χ3v) is 25.4. The molecule has 0 bridgehead atoms. The molecule has 0 spiro atoms. The first-order chi connectivity index (χ1) is 64.4. The van der Waals surface area contributed by atoms with Gasteiger partial charge in [-0.25, -0.2) is 113 Å². The average Bonchev–Trinajstić information content (AvgIpc) is 1.70. The van der Waals surface area contributed by atoms with Gasteiger partial charge in [-0.15, -0.1) is 0 Å². The number of aromatic hydroxyl groups is 1. The summed E-state index contributed by atoms with van der Waals surface area (Å²) in [5.41, 5.74) is 49.0. The number of imidazole rings is 5. The number of hydrogen-bond acceptors (Lipinski definition) is 32. The fourth-order valence-electron chi connectivity index (χ4n) is 13.9. The number of carbonyl (C=O) groups excluding carboxylic acids is 1. The normalized spacial score (nSPS) is 11.6. The Morgan fingerprint density at radius 1 is 0.319 bits per heavy atom. The Morgan fingerprint density at radius 3 is 0.919 bits per heavy atom. The van der Waals surface area contributed by atoms with Crippen LogP contribution in [0.15, 0.2) is 269 Å². The molecule has 16 N–H and O–H groups in total. The summed E-state index contributed by atoms with van der Waals surface area (Å²) in [6.45, 7) is 4.02. The molecule has 0 saturated carbocycles. The number of aryl methyl sites for hydroxylation is 2. The molecular formula is C94H97N25O12S4. The number of nitrogens with zero attached hydrogens (tertiary/aromatic N) is 15. The number of benzene rings is 10. The monoisotopic (exact) mass is 1900 g/mol. The first kappa shape index (κ1) is 91.1. The van der Waals surface area contributed by atoms with Gasteiger partial charge in [-0.2, -0.15) is 0 Å². The molecule has 41 heteroatoms. The smallest absolute Gasteiger partial charge is 0.337 e. The molecule has 0 amide bonds. The number of sulfone groups is 4. The van der Waals surface area contributed by atoms with E-state index in [1.807, 2.05) is 105 Å². The Bertz CT molecular complexity index is 8300. The highest BCUT2D eigenvalue weighted by atomic mass is 32.2. The lowest BCUT2D eigenvalue weighted by molar-refractivity contribution is 0.0600. The van der Waals surface area contributed by atoms with Crippen LogP contribution in [0, 0.1) is 13.8 Å². The Balaban J connectivity index is 0.000000216. The van der Waals surface area contributed by atoms with Gasteiger partial charge in [0.05, 0.1) is 148 Å². The van der Waals surface area contributed by atoms with Crippen LogP contribution in [0.5, 0.6) is 11.5 Å². The molecule has 0 aliphatic carbocycles. The number of nitrogen functional groups attached to an aromatic ring is 5. The number of esters is 1. The minimum absolute atomic E-state index is 0. The van der Waals surface area contributed by atoms with Crippen LogP contribution >= 0.6 is 0 Å². The first-order valence-corrected chi connectivity index (χ1v) is 48.2. The lowest BCUT2D eigenvalue weighted by Crippen LogP contribution is -2.00. The van der Waals surface area contributed by atoms with Crippen LogP contribution in [0.4, 0.5) is 29.1 Å². The maximum Gasteiger partial charge on any atom is 0.337 e. The molecule has 0 unspecified atom stereocenters. The van der Waals surface area contributed by atoms with E-state index in [2.05, 4.69) is 99.7 Å². The minimum atomic E-state index is -3.29. The second kappa shape index (κ2) is 37.4.